The summed E-state index contributed by atoms with van der Waals surface area (Å²) in [7, 11) is 0. The minimum absolute atomic E-state index is 0.0860. The minimum Gasteiger partial charge on any atom is -0.456 e. The Morgan fingerprint density at radius 3 is 3.21 bits per heavy atom. The lowest BCUT2D eigenvalue weighted by Gasteiger charge is -2.02. The second kappa shape index (κ2) is 6.22. The molecule has 0 fully saturated rings. The number of rotatable bonds is 6. The minimum atomic E-state index is -0.327. The molecule has 2 heterocycles. The van der Waals surface area contributed by atoms with Crippen molar-refractivity contribution < 1.29 is 9.21 Å². The van der Waals surface area contributed by atoms with Crippen molar-refractivity contribution in [1.82, 2.24) is 20.1 Å². The number of hydrogen-bond donors (Lipinski definition) is 1. The zero-order chi connectivity index (χ0) is 13.5. The van der Waals surface area contributed by atoms with Crippen LogP contribution in [0.2, 0.25) is 0 Å². The topological polar surface area (TPSA) is 122 Å². The number of hydrogen-bond acceptors (Lipinski definition) is 5. The molecule has 0 radical (unpaired) electrons. The zero-order valence-electron chi connectivity index (χ0n) is 9.93. The van der Waals surface area contributed by atoms with Crippen LogP contribution in [-0.4, -0.2) is 27.2 Å². The Morgan fingerprint density at radius 2 is 2.47 bits per heavy atom. The molecule has 0 aliphatic carbocycles. The van der Waals surface area contributed by atoms with Gasteiger partial charge in [0.1, 0.15) is 18.4 Å². The van der Waals surface area contributed by atoms with Crippen molar-refractivity contribution in [3.05, 3.63) is 46.8 Å². The first-order valence-electron chi connectivity index (χ1n) is 5.50. The standard InChI is InChI=1S/C10H11N7O2/c11-16-14-5-8-1-2-9(19-8)10(18)13-3-4-17-7-12-6-15-17/h1-2,6-7H,3-5H2,(H,13,18). The van der Waals surface area contributed by atoms with Crippen LogP contribution < -0.4 is 5.32 Å². The van der Waals surface area contributed by atoms with Gasteiger partial charge in [-0.1, -0.05) is 5.11 Å². The van der Waals surface area contributed by atoms with Crippen molar-refractivity contribution in [2.75, 3.05) is 6.54 Å². The summed E-state index contributed by atoms with van der Waals surface area (Å²) < 4.78 is 6.83. The lowest BCUT2D eigenvalue weighted by atomic mass is 10.4. The highest BCUT2D eigenvalue weighted by Crippen LogP contribution is 2.08. The summed E-state index contributed by atoms with van der Waals surface area (Å²) in [5, 5.41) is 9.94. The molecule has 0 aliphatic heterocycles. The van der Waals surface area contributed by atoms with E-state index in [1.54, 1.807) is 17.1 Å². The number of amides is 1. The first-order chi connectivity index (χ1) is 9.29. The first kappa shape index (κ1) is 12.7. The molecule has 2 aromatic heterocycles. The molecule has 0 saturated heterocycles. The zero-order valence-corrected chi connectivity index (χ0v) is 9.93. The molecule has 9 heteroatoms. The van der Waals surface area contributed by atoms with Crippen LogP contribution in [-0.2, 0) is 13.1 Å². The molecular formula is C10H11N7O2. The molecule has 0 spiro atoms. The van der Waals surface area contributed by atoms with Crippen LogP contribution in [0.5, 0.6) is 0 Å². The number of azide groups is 1. The van der Waals surface area contributed by atoms with Gasteiger partial charge in [0.05, 0.1) is 13.1 Å². The molecule has 0 aliphatic rings. The van der Waals surface area contributed by atoms with Crippen LogP contribution in [0, 0.1) is 0 Å². The van der Waals surface area contributed by atoms with Gasteiger partial charge in [0.25, 0.3) is 5.91 Å². The molecule has 0 saturated carbocycles. The Hall–Kier alpha value is -2.80. The van der Waals surface area contributed by atoms with Gasteiger partial charge in [-0.2, -0.15) is 5.10 Å². The number of carbonyl (C=O) groups excluding carboxylic acids is 1. The predicted molar refractivity (Wildman–Crippen MR) is 63.9 cm³/mol. The number of furan rings is 1. The molecule has 0 bridgehead atoms. The maximum atomic E-state index is 11.7. The highest BCUT2D eigenvalue weighted by molar-refractivity contribution is 5.91. The largest absolute Gasteiger partial charge is 0.456 e. The van der Waals surface area contributed by atoms with Crippen molar-refractivity contribution in [1.29, 1.82) is 0 Å². The Kier molecular flexibility index (Phi) is 4.14. The Bertz CT molecular complexity index is 583. The highest BCUT2D eigenvalue weighted by Gasteiger charge is 2.10. The van der Waals surface area contributed by atoms with Crippen LogP contribution in [0.25, 0.3) is 10.4 Å². The summed E-state index contributed by atoms with van der Waals surface area (Å²) in [5.41, 5.74) is 8.17. The molecule has 2 rings (SSSR count). The molecule has 19 heavy (non-hydrogen) atoms. The van der Waals surface area contributed by atoms with E-state index >= 15 is 0 Å². The third kappa shape index (κ3) is 3.58. The van der Waals surface area contributed by atoms with Crippen molar-refractivity contribution >= 4 is 5.91 Å². The Balaban J connectivity index is 1.82. The average Bonchev–Trinajstić information content (AvgIpc) is 3.07. The van der Waals surface area contributed by atoms with Gasteiger partial charge in [0, 0.05) is 11.5 Å². The smallest absolute Gasteiger partial charge is 0.287 e. The van der Waals surface area contributed by atoms with Crippen LogP contribution in [0.4, 0.5) is 0 Å². The van der Waals surface area contributed by atoms with Gasteiger partial charge in [0.15, 0.2) is 5.76 Å². The fourth-order valence-electron chi connectivity index (χ4n) is 1.41. The van der Waals surface area contributed by atoms with Crippen LogP contribution in [0.15, 0.2) is 34.3 Å². The lowest BCUT2D eigenvalue weighted by molar-refractivity contribution is 0.0922. The van der Waals surface area contributed by atoms with E-state index in [9.17, 15) is 4.79 Å². The van der Waals surface area contributed by atoms with Gasteiger partial charge in [-0.3, -0.25) is 9.48 Å². The predicted octanol–water partition coefficient (Wildman–Crippen LogP) is 1.11. The molecule has 0 aromatic carbocycles. The first-order valence-corrected chi connectivity index (χ1v) is 5.50. The monoisotopic (exact) mass is 261 g/mol. The summed E-state index contributed by atoms with van der Waals surface area (Å²) >= 11 is 0. The van der Waals surface area contributed by atoms with E-state index in [0.29, 0.717) is 18.8 Å². The van der Waals surface area contributed by atoms with Gasteiger partial charge >= 0.3 is 0 Å². The van der Waals surface area contributed by atoms with Crippen molar-refractivity contribution in [3.8, 4) is 0 Å². The lowest BCUT2D eigenvalue weighted by Crippen LogP contribution is -2.27. The van der Waals surface area contributed by atoms with Crippen LogP contribution >= 0.6 is 0 Å². The van der Waals surface area contributed by atoms with Gasteiger partial charge in [0.2, 0.25) is 0 Å². The van der Waals surface area contributed by atoms with Crippen molar-refractivity contribution in [3.63, 3.8) is 0 Å². The molecule has 2 aromatic rings. The number of nitrogens with zero attached hydrogens (tertiary/aromatic N) is 6. The number of aromatic nitrogens is 3. The van der Waals surface area contributed by atoms with Crippen LogP contribution in [0.1, 0.15) is 16.3 Å². The van der Waals surface area contributed by atoms with Crippen molar-refractivity contribution in [2.45, 2.75) is 13.1 Å². The Labute approximate surface area is 107 Å². The summed E-state index contributed by atoms with van der Waals surface area (Å²) in [5.74, 6) is 0.299. The van der Waals surface area contributed by atoms with Gasteiger partial charge in [-0.25, -0.2) is 4.98 Å². The summed E-state index contributed by atoms with van der Waals surface area (Å²) in [6.07, 6.45) is 2.99. The molecule has 9 nitrogen and oxygen atoms in total. The fourth-order valence-corrected chi connectivity index (χ4v) is 1.41. The molecule has 98 valence electrons. The molecule has 1 N–H and O–H groups in total. The number of carbonyl (C=O) groups is 1. The van der Waals surface area contributed by atoms with E-state index in [2.05, 4.69) is 25.4 Å². The fraction of sp³-hybridized carbons (Fsp3) is 0.300. The SMILES string of the molecule is [N-]=[N+]=NCc1ccc(C(=O)NCCn2cncn2)o1. The maximum absolute atomic E-state index is 11.7. The van der Waals surface area contributed by atoms with Crippen molar-refractivity contribution in [2.24, 2.45) is 5.11 Å². The summed E-state index contributed by atoms with van der Waals surface area (Å²) in [4.78, 5) is 18.1. The normalized spacial score (nSPS) is 9.89. The summed E-state index contributed by atoms with van der Waals surface area (Å²) in [6.45, 7) is 1.02. The molecule has 0 atom stereocenters. The van der Waals surface area contributed by atoms with Gasteiger partial charge in [-0.05, 0) is 17.7 Å². The number of nitrogens with one attached hydrogen (secondary N) is 1. The summed E-state index contributed by atoms with van der Waals surface area (Å²) in [6, 6.07) is 3.13. The molecule has 1 amide bonds. The second-order valence-electron chi connectivity index (χ2n) is 3.57. The van der Waals surface area contributed by atoms with E-state index < -0.39 is 0 Å². The van der Waals surface area contributed by atoms with Crippen LogP contribution in [0.3, 0.4) is 0 Å². The molecular weight excluding hydrogens is 250 g/mol. The quantitative estimate of drug-likeness (QED) is 0.475. The van der Waals surface area contributed by atoms with E-state index in [1.807, 2.05) is 0 Å². The maximum Gasteiger partial charge on any atom is 0.287 e. The highest BCUT2D eigenvalue weighted by atomic mass is 16.4. The Morgan fingerprint density at radius 1 is 1.58 bits per heavy atom. The molecule has 0 unspecified atom stereocenters. The van der Waals surface area contributed by atoms with Gasteiger partial charge < -0.3 is 9.73 Å². The van der Waals surface area contributed by atoms with Gasteiger partial charge in [-0.15, -0.1) is 0 Å². The second-order valence-corrected chi connectivity index (χ2v) is 3.57. The third-order valence-electron chi connectivity index (χ3n) is 2.27. The van der Waals surface area contributed by atoms with E-state index in [4.69, 9.17) is 9.95 Å². The third-order valence-corrected chi connectivity index (χ3v) is 2.27. The van der Waals surface area contributed by atoms with E-state index in [-0.39, 0.29) is 18.2 Å². The van der Waals surface area contributed by atoms with E-state index in [1.165, 1.54) is 12.4 Å². The van der Waals surface area contributed by atoms with E-state index in [0.717, 1.165) is 0 Å². The average molecular weight is 261 g/mol.